The molecule has 0 radical (unpaired) electrons. The van der Waals surface area contributed by atoms with Gasteiger partial charge in [0.05, 0.1) is 0 Å². The Labute approximate surface area is 72.4 Å². The van der Waals surface area contributed by atoms with Gasteiger partial charge in [-0.3, -0.25) is 0 Å². The molecule has 0 fully saturated rings. The largest absolute Gasteiger partial charge is 0.508 e. The van der Waals surface area contributed by atoms with Gasteiger partial charge < -0.3 is 10.0 Å². The molecule has 12 heavy (non-hydrogen) atoms. The SMILES string of the molecule is CN1CCc2cc(O)ccc2C1. The molecule has 1 aliphatic rings. The number of rotatable bonds is 0. The monoisotopic (exact) mass is 163 g/mol. The number of likely N-dealkylation sites (N-methyl/N-ethyl adjacent to an activating group) is 1. The van der Waals surface area contributed by atoms with Crippen molar-refractivity contribution in [3.8, 4) is 5.75 Å². The molecule has 2 rings (SSSR count). The average Bonchev–Trinajstić information content (AvgIpc) is 2.05. The zero-order valence-electron chi connectivity index (χ0n) is 7.25. The highest BCUT2D eigenvalue weighted by Crippen LogP contribution is 2.21. The standard InChI is InChI=1S/C10H13NO/c1-11-5-4-8-6-10(12)3-2-9(8)7-11/h2-3,6,12H,4-5,7H2,1H3. The molecular formula is C10H13NO. The van der Waals surface area contributed by atoms with Crippen molar-refractivity contribution in [1.82, 2.24) is 4.90 Å². The van der Waals surface area contributed by atoms with Crippen LogP contribution in [0.5, 0.6) is 5.75 Å². The Morgan fingerprint density at radius 1 is 1.33 bits per heavy atom. The van der Waals surface area contributed by atoms with Gasteiger partial charge in [0.1, 0.15) is 5.75 Å². The second-order valence-corrected chi connectivity index (χ2v) is 3.44. The maximum Gasteiger partial charge on any atom is 0.115 e. The van der Waals surface area contributed by atoms with E-state index in [0.717, 1.165) is 19.5 Å². The van der Waals surface area contributed by atoms with Gasteiger partial charge in [-0.15, -0.1) is 0 Å². The molecule has 1 N–H and O–H groups in total. The second-order valence-electron chi connectivity index (χ2n) is 3.44. The maximum absolute atomic E-state index is 9.24. The first-order valence-corrected chi connectivity index (χ1v) is 4.25. The number of phenolic OH excluding ortho intramolecular Hbond substituents is 1. The van der Waals surface area contributed by atoms with Crippen molar-refractivity contribution in [2.45, 2.75) is 13.0 Å². The highest BCUT2D eigenvalue weighted by molar-refractivity contribution is 5.36. The normalized spacial score (nSPS) is 17.4. The number of aromatic hydroxyl groups is 1. The highest BCUT2D eigenvalue weighted by atomic mass is 16.3. The van der Waals surface area contributed by atoms with E-state index < -0.39 is 0 Å². The van der Waals surface area contributed by atoms with Crippen molar-refractivity contribution in [1.29, 1.82) is 0 Å². The van der Waals surface area contributed by atoms with E-state index in [1.807, 2.05) is 12.1 Å². The highest BCUT2D eigenvalue weighted by Gasteiger charge is 2.12. The molecule has 1 aliphatic heterocycles. The van der Waals surface area contributed by atoms with Crippen LogP contribution in [-0.2, 0) is 13.0 Å². The number of benzene rings is 1. The van der Waals surface area contributed by atoms with E-state index in [2.05, 4.69) is 11.9 Å². The Bertz CT molecular complexity index is 296. The van der Waals surface area contributed by atoms with Crippen molar-refractivity contribution >= 4 is 0 Å². The Hall–Kier alpha value is -1.02. The fourth-order valence-electron chi connectivity index (χ4n) is 1.68. The average molecular weight is 163 g/mol. The summed E-state index contributed by atoms with van der Waals surface area (Å²) < 4.78 is 0. The Balaban J connectivity index is 2.37. The van der Waals surface area contributed by atoms with Crippen LogP contribution in [0.2, 0.25) is 0 Å². The summed E-state index contributed by atoms with van der Waals surface area (Å²) in [5.41, 5.74) is 2.65. The van der Waals surface area contributed by atoms with Crippen LogP contribution in [0.4, 0.5) is 0 Å². The van der Waals surface area contributed by atoms with Crippen LogP contribution in [0, 0.1) is 0 Å². The summed E-state index contributed by atoms with van der Waals surface area (Å²) in [6.45, 7) is 2.10. The van der Waals surface area contributed by atoms with Gasteiger partial charge >= 0.3 is 0 Å². The molecule has 64 valence electrons. The van der Waals surface area contributed by atoms with E-state index in [9.17, 15) is 5.11 Å². The maximum atomic E-state index is 9.24. The van der Waals surface area contributed by atoms with Crippen LogP contribution in [0.25, 0.3) is 0 Å². The molecule has 1 aromatic carbocycles. The van der Waals surface area contributed by atoms with Crippen molar-refractivity contribution in [3.63, 3.8) is 0 Å². The fraction of sp³-hybridized carbons (Fsp3) is 0.400. The van der Waals surface area contributed by atoms with E-state index >= 15 is 0 Å². The van der Waals surface area contributed by atoms with Crippen LogP contribution >= 0.6 is 0 Å². The minimum Gasteiger partial charge on any atom is -0.508 e. The molecule has 2 heteroatoms. The quantitative estimate of drug-likeness (QED) is 0.624. The third kappa shape index (κ3) is 1.30. The third-order valence-electron chi connectivity index (χ3n) is 2.39. The molecule has 0 amide bonds. The summed E-state index contributed by atoms with van der Waals surface area (Å²) in [5, 5.41) is 9.24. The number of fused-ring (bicyclic) bond motifs is 1. The lowest BCUT2D eigenvalue weighted by atomic mass is 10.00. The van der Waals surface area contributed by atoms with Gasteiger partial charge in [-0.1, -0.05) is 6.07 Å². The van der Waals surface area contributed by atoms with Crippen molar-refractivity contribution in [2.24, 2.45) is 0 Å². The van der Waals surface area contributed by atoms with E-state index in [4.69, 9.17) is 0 Å². The summed E-state index contributed by atoms with van der Waals surface area (Å²) in [5.74, 6) is 0.387. The Morgan fingerprint density at radius 3 is 3.00 bits per heavy atom. The molecule has 0 aliphatic carbocycles. The molecular weight excluding hydrogens is 150 g/mol. The third-order valence-corrected chi connectivity index (χ3v) is 2.39. The summed E-state index contributed by atoms with van der Waals surface area (Å²) in [6.07, 6.45) is 1.06. The first-order valence-electron chi connectivity index (χ1n) is 4.25. The van der Waals surface area contributed by atoms with Crippen LogP contribution < -0.4 is 0 Å². The lowest BCUT2D eigenvalue weighted by Gasteiger charge is -2.24. The summed E-state index contributed by atoms with van der Waals surface area (Å²) >= 11 is 0. The van der Waals surface area contributed by atoms with E-state index in [0.29, 0.717) is 5.75 Å². The molecule has 0 bridgehead atoms. The fourth-order valence-corrected chi connectivity index (χ4v) is 1.68. The van der Waals surface area contributed by atoms with Gasteiger partial charge in [0, 0.05) is 13.1 Å². The molecule has 0 atom stereocenters. The topological polar surface area (TPSA) is 23.5 Å². The van der Waals surface area contributed by atoms with Crippen LogP contribution in [0.1, 0.15) is 11.1 Å². The molecule has 1 heterocycles. The Kier molecular flexibility index (Phi) is 1.77. The van der Waals surface area contributed by atoms with Gasteiger partial charge in [-0.2, -0.15) is 0 Å². The predicted molar refractivity (Wildman–Crippen MR) is 48.1 cm³/mol. The molecule has 0 aromatic heterocycles. The molecule has 0 saturated carbocycles. The minimum atomic E-state index is 0.387. The lowest BCUT2D eigenvalue weighted by molar-refractivity contribution is 0.312. The minimum absolute atomic E-state index is 0.387. The Morgan fingerprint density at radius 2 is 2.17 bits per heavy atom. The van der Waals surface area contributed by atoms with Gasteiger partial charge in [0.15, 0.2) is 0 Å². The summed E-state index contributed by atoms with van der Waals surface area (Å²) in [7, 11) is 2.12. The predicted octanol–water partition coefficient (Wildman–Crippen LogP) is 1.38. The smallest absolute Gasteiger partial charge is 0.115 e. The first kappa shape index (κ1) is 7.62. The van der Waals surface area contributed by atoms with Gasteiger partial charge in [0.25, 0.3) is 0 Å². The molecule has 0 saturated heterocycles. The second kappa shape index (κ2) is 2.79. The van der Waals surface area contributed by atoms with E-state index in [1.54, 1.807) is 6.07 Å². The van der Waals surface area contributed by atoms with Gasteiger partial charge in [-0.05, 0) is 36.7 Å². The molecule has 1 aromatic rings. The molecule has 0 spiro atoms. The van der Waals surface area contributed by atoms with Gasteiger partial charge in [0.2, 0.25) is 0 Å². The van der Waals surface area contributed by atoms with Crippen LogP contribution in [0.3, 0.4) is 0 Å². The van der Waals surface area contributed by atoms with Crippen molar-refractivity contribution < 1.29 is 5.11 Å². The summed E-state index contributed by atoms with van der Waals surface area (Å²) in [6, 6.07) is 5.65. The summed E-state index contributed by atoms with van der Waals surface area (Å²) in [4.78, 5) is 2.29. The number of nitrogens with zero attached hydrogens (tertiary/aromatic N) is 1. The van der Waals surface area contributed by atoms with E-state index in [-0.39, 0.29) is 0 Å². The molecule has 0 unspecified atom stereocenters. The zero-order chi connectivity index (χ0) is 8.55. The lowest BCUT2D eigenvalue weighted by Crippen LogP contribution is -2.26. The van der Waals surface area contributed by atoms with Crippen LogP contribution in [0.15, 0.2) is 18.2 Å². The van der Waals surface area contributed by atoms with Crippen molar-refractivity contribution in [3.05, 3.63) is 29.3 Å². The zero-order valence-corrected chi connectivity index (χ0v) is 7.25. The number of hydrogen-bond acceptors (Lipinski definition) is 2. The van der Waals surface area contributed by atoms with Crippen molar-refractivity contribution in [2.75, 3.05) is 13.6 Å². The number of phenols is 1. The molecule has 2 nitrogen and oxygen atoms in total. The van der Waals surface area contributed by atoms with E-state index in [1.165, 1.54) is 11.1 Å². The van der Waals surface area contributed by atoms with Crippen LogP contribution in [-0.4, -0.2) is 23.6 Å². The van der Waals surface area contributed by atoms with Gasteiger partial charge in [-0.25, -0.2) is 0 Å². The first-order chi connectivity index (χ1) is 5.75. The number of hydrogen-bond donors (Lipinski definition) is 1.